The average molecular weight is 398 g/mol. The summed E-state index contributed by atoms with van der Waals surface area (Å²) >= 11 is 0. The zero-order valence-electron chi connectivity index (χ0n) is 17.3. The molecule has 1 heterocycles. The van der Waals surface area contributed by atoms with Crippen molar-refractivity contribution in [2.45, 2.75) is 38.4 Å². The number of rotatable bonds is 9. The standard InChI is InChI=1S/C24H30O5/c1-24(23(25)26-2)28-17-21(18-29-24)10-6-7-15-27-22-13-11-20(12-14-22)16-19-8-4-3-5-9-19/h3-5,8-9,11-14,21H,6-7,10,15-18H2,1-2H3. The molecule has 0 atom stereocenters. The highest BCUT2D eigenvalue weighted by Crippen LogP contribution is 2.25. The molecular weight excluding hydrogens is 368 g/mol. The number of benzene rings is 2. The van der Waals surface area contributed by atoms with Crippen molar-refractivity contribution in [2.24, 2.45) is 5.92 Å². The summed E-state index contributed by atoms with van der Waals surface area (Å²) in [5.74, 6) is -0.551. The first-order valence-electron chi connectivity index (χ1n) is 10.2. The number of carbonyl (C=O) groups excluding carboxylic acids is 1. The molecule has 29 heavy (non-hydrogen) atoms. The Labute approximate surface area is 172 Å². The van der Waals surface area contributed by atoms with Gasteiger partial charge in [0.1, 0.15) is 5.75 Å². The second kappa shape index (κ2) is 10.4. The van der Waals surface area contributed by atoms with E-state index in [2.05, 4.69) is 36.4 Å². The van der Waals surface area contributed by atoms with Crippen molar-refractivity contribution < 1.29 is 23.7 Å². The van der Waals surface area contributed by atoms with Crippen LogP contribution in [0.1, 0.15) is 37.3 Å². The van der Waals surface area contributed by atoms with Gasteiger partial charge < -0.3 is 18.9 Å². The molecule has 1 saturated heterocycles. The van der Waals surface area contributed by atoms with Gasteiger partial charge in [0.2, 0.25) is 0 Å². The molecule has 0 amide bonds. The molecule has 156 valence electrons. The Morgan fingerprint density at radius 1 is 1.00 bits per heavy atom. The molecule has 0 radical (unpaired) electrons. The Bertz CT molecular complexity index is 749. The molecular formula is C24H30O5. The highest BCUT2D eigenvalue weighted by atomic mass is 16.7. The van der Waals surface area contributed by atoms with Crippen LogP contribution in [0.5, 0.6) is 5.75 Å². The summed E-state index contributed by atoms with van der Waals surface area (Å²) < 4.78 is 21.7. The first kappa shape index (κ1) is 21.3. The number of unbranched alkanes of at least 4 members (excludes halogenated alkanes) is 1. The van der Waals surface area contributed by atoms with E-state index in [0.717, 1.165) is 31.4 Å². The summed E-state index contributed by atoms with van der Waals surface area (Å²) in [6.45, 7) is 3.31. The fraction of sp³-hybridized carbons (Fsp3) is 0.458. The van der Waals surface area contributed by atoms with Gasteiger partial charge >= 0.3 is 5.97 Å². The van der Waals surface area contributed by atoms with E-state index in [-0.39, 0.29) is 0 Å². The average Bonchev–Trinajstić information content (AvgIpc) is 2.76. The molecule has 0 bridgehead atoms. The van der Waals surface area contributed by atoms with Crippen molar-refractivity contribution in [3.8, 4) is 5.75 Å². The van der Waals surface area contributed by atoms with Crippen LogP contribution >= 0.6 is 0 Å². The van der Waals surface area contributed by atoms with Crippen LogP contribution in [0.15, 0.2) is 54.6 Å². The lowest BCUT2D eigenvalue weighted by Gasteiger charge is -2.35. The second-order valence-electron chi connectivity index (χ2n) is 7.58. The van der Waals surface area contributed by atoms with Crippen LogP contribution in [0, 0.1) is 5.92 Å². The molecule has 3 rings (SSSR count). The van der Waals surface area contributed by atoms with Gasteiger partial charge in [0, 0.05) is 12.8 Å². The van der Waals surface area contributed by atoms with Gasteiger partial charge in [0.15, 0.2) is 0 Å². The molecule has 1 fully saturated rings. The van der Waals surface area contributed by atoms with Crippen molar-refractivity contribution in [1.29, 1.82) is 0 Å². The van der Waals surface area contributed by atoms with Gasteiger partial charge in [-0.2, -0.15) is 0 Å². The maximum absolute atomic E-state index is 11.7. The van der Waals surface area contributed by atoms with Gasteiger partial charge in [0.25, 0.3) is 5.79 Å². The summed E-state index contributed by atoms with van der Waals surface area (Å²) in [5.41, 5.74) is 2.59. The molecule has 0 N–H and O–H groups in total. The van der Waals surface area contributed by atoms with Crippen LogP contribution in [0.25, 0.3) is 0 Å². The minimum Gasteiger partial charge on any atom is -0.494 e. The summed E-state index contributed by atoms with van der Waals surface area (Å²) in [7, 11) is 1.34. The van der Waals surface area contributed by atoms with E-state index in [1.807, 2.05) is 18.2 Å². The Balaban J connectivity index is 1.31. The molecule has 0 spiro atoms. The monoisotopic (exact) mass is 398 g/mol. The highest BCUT2D eigenvalue weighted by molar-refractivity contribution is 5.77. The van der Waals surface area contributed by atoms with Crippen LogP contribution in [-0.2, 0) is 25.4 Å². The van der Waals surface area contributed by atoms with Crippen LogP contribution < -0.4 is 4.74 Å². The molecule has 1 aliphatic rings. The van der Waals surface area contributed by atoms with Gasteiger partial charge in [-0.25, -0.2) is 4.79 Å². The number of carbonyl (C=O) groups is 1. The van der Waals surface area contributed by atoms with E-state index in [4.69, 9.17) is 18.9 Å². The number of hydrogen-bond acceptors (Lipinski definition) is 5. The molecule has 5 heteroatoms. The fourth-order valence-corrected chi connectivity index (χ4v) is 3.37. The SMILES string of the molecule is COC(=O)C1(C)OCC(CCCCOc2ccc(Cc3ccccc3)cc2)CO1. The molecule has 0 aromatic heterocycles. The van der Waals surface area contributed by atoms with E-state index in [1.54, 1.807) is 6.92 Å². The van der Waals surface area contributed by atoms with E-state index in [1.165, 1.54) is 18.2 Å². The van der Waals surface area contributed by atoms with E-state index >= 15 is 0 Å². The Morgan fingerprint density at radius 2 is 1.66 bits per heavy atom. The Morgan fingerprint density at radius 3 is 2.31 bits per heavy atom. The molecule has 2 aromatic rings. The maximum atomic E-state index is 11.7. The molecule has 0 aliphatic carbocycles. The number of ether oxygens (including phenoxy) is 4. The van der Waals surface area contributed by atoms with Crippen LogP contribution in [0.3, 0.4) is 0 Å². The normalized spacial score (nSPS) is 21.5. The molecule has 2 aromatic carbocycles. The lowest BCUT2D eigenvalue weighted by Crippen LogP contribution is -2.48. The number of hydrogen-bond donors (Lipinski definition) is 0. The van der Waals surface area contributed by atoms with Crippen LogP contribution in [0.4, 0.5) is 0 Å². The number of methoxy groups -OCH3 is 1. The minimum atomic E-state index is -1.26. The first-order valence-corrected chi connectivity index (χ1v) is 10.2. The fourth-order valence-electron chi connectivity index (χ4n) is 3.37. The van der Waals surface area contributed by atoms with Gasteiger partial charge in [-0.15, -0.1) is 0 Å². The quantitative estimate of drug-likeness (QED) is 0.463. The van der Waals surface area contributed by atoms with Gasteiger partial charge in [-0.05, 0) is 48.9 Å². The van der Waals surface area contributed by atoms with Crippen molar-refractivity contribution in [2.75, 3.05) is 26.9 Å². The Kier molecular flexibility index (Phi) is 7.67. The third-order valence-electron chi connectivity index (χ3n) is 5.19. The van der Waals surface area contributed by atoms with Gasteiger partial charge in [-0.1, -0.05) is 42.5 Å². The second-order valence-corrected chi connectivity index (χ2v) is 7.58. The van der Waals surface area contributed by atoms with E-state index in [0.29, 0.717) is 25.7 Å². The topological polar surface area (TPSA) is 54.0 Å². The van der Waals surface area contributed by atoms with Gasteiger partial charge in [-0.3, -0.25) is 0 Å². The predicted octanol–water partition coefficient (Wildman–Crippen LogP) is 4.38. The predicted molar refractivity (Wildman–Crippen MR) is 111 cm³/mol. The summed E-state index contributed by atoms with van der Waals surface area (Å²) in [6, 6.07) is 18.8. The lowest BCUT2D eigenvalue weighted by atomic mass is 10.0. The van der Waals surface area contributed by atoms with Crippen molar-refractivity contribution in [1.82, 2.24) is 0 Å². The molecule has 5 nitrogen and oxygen atoms in total. The van der Waals surface area contributed by atoms with Crippen LogP contribution in [0.2, 0.25) is 0 Å². The first-order chi connectivity index (χ1) is 14.1. The maximum Gasteiger partial charge on any atom is 0.366 e. The third-order valence-corrected chi connectivity index (χ3v) is 5.19. The van der Waals surface area contributed by atoms with Crippen molar-refractivity contribution in [3.63, 3.8) is 0 Å². The molecule has 0 saturated carbocycles. The molecule has 0 unspecified atom stereocenters. The summed E-state index contributed by atoms with van der Waals surface area (Å²) in [6.07, 6.45) is 3.91. The smallest absolute Gasteiger partial charge is 0.366 e. The minimum absolute atomic E-state index is 0.296. The van der Waals surface area contributed by atoms with Crippen molar-refractivity contribution in [3.05, 3.63) is 65.7 Å². The van der Waals surface area contributed by atoms with Gasteiger partial charge in [0.05, 0.1) is 26.9 Å². The van der Waals surface area contributed by atoms with Crippen molar-refractivity contribution >= 4 is 5.97 Å². The largest absolute Gasteiger partial charge is 0.494 e. The van der Waals surface area contributed by atoms with E-state index in [9.17, 15) is 4.79 Å². The number of esters is 1. The summed E-state index contributed by atoms with van der Waals surface area (Å²) in [4.78, 5) is 11.7. The lowest BCUT2D eigenvalue weighted by molar-refractivity contribution is -0.272. The third kappa shape index (κ3) is 6.31. The van der Waals surface area contributed by atoms with Crippen LogP contribution in [-0.4, -0.2) is 38.7 Å². The zero-order valence-corrected chi connectivity index (χ0v) is 17.3. The highest BCUT2D eigenvalue weighted by Gasteiger charge is 2.41. The molecule has 1 aliphatic heterocycles. The zero-order chi connectivity index (χ0) is 20.5. The van der Waals surface area contributed by atoms with E-state index < -0.39 is 11.8 Å². The summed E-state index contributed by atoms with van der Waals surface area (Å²) in [5, 5.41) is 0. The Hall–Kier alpha value is -2.37.